The molecule has 2 saturated carbocycles. The average molecular weight is 559 g/mol. The number of imide groups is 1. The quantitative estimate of drug-likeness (QED) is 0.495. The minimum atomic E-state index is -1.14. The number of fused-ring (bicyclic) bond motifs is 9. The van der Waals surface area contributed by atoms with Gasteiger partial charge in [-0.3, -0.25) is 19.3 Å². The summed E-state index contributed by atoms with van der Waals surface area (Å²) in [7, 11) is 3.16. The lowest BCUT2D eigenvalue weighted by Crippen LogP contribution is -2.47. The molecule has 0 radical (unpaired) electrons. The van der Waals surface area contributed by atoms with Crippen LogP contribution >= 0.6 is 23.1 Å². The minimum Gasteiger partial charge on any atom is -0.493 e. The van der Waals surface area contributed by atoms with Gasteiger partial charge in [0.1, 0.15) is 6.04 Å². The van der Waals surface area contributed by atoms with Crippen molar-refractivity contribution in [2.75, 3.05) is 14.2 Å². The first-order valence-electron chi connectivity index (χ1n) is 12.9. The molecule has 6 rings (SSSR count). The summed E-state index contributed by atoms with van der Waals surface area (Å²) in [6, 6.07) is 4.62. The van der Waals surface area contributed by atoms with Crippen molar-refractivity contribution >= 4 is 40.9 Å². The van der Waals surface area contributed by atoms with Crippen LogP contribution in [0.1, 0.15) is 43.0 Å². The van der Waals surface area contributed by atoms with E-state index >= 15 is 0 Å². The summed E-state index contributed by atoms with van der Waals surface area (Å²) >= 11 is 2.80. The second kappa shape index (κ2) is 9.15. The number of H-pyrrole nitrogens is 1. The molecule has 0 spiro atoms. The van der Waals surface area contributed by atoms with Gasteiger partial charge in [0.15, 0.2) is 11.5 Å². The first-order valence-corrected chi connectivity index (χ1v) is 14.6. The average Bonchev–Trinajstić information content (AvgIpc) is 3.61. The van der Waals surface area contributed by atoms with Crippen molar-refractivity contribution in [2.45, 2.75) is 48.9 Å². The smallest absolute Gasteiger partial charge is 0.326 e. The zero-order valence-electron chi connectivity index (χ0n) is 21.5. The molecule has 2 bridgehead atoms. The number of likely N-dealkylation sites (tertiary alicyclic amines) is 1. The number of carboxylic acid groups (broad SMARTS) is 1. The molecule has 4 aliphatic rings. The van der Waals surface area contributed by atoms with Crippen LogP contribution in [0.2, 0.25) is 0 Å². The molecule has 2 aliphatic carbocycles. The van der Waals surface area contributed by atoms with Gasteiger partial charge in [0, 0.05) is 16.0 Å². The Kier molecular flexibility index (Phi) is 6.14. The summed E-state index contributed by atoms with van der Waals surface area (Å²) in [5.74, 6) is -1.92. The van der Waals surface area contributed by atoms with Crippen molar-refractivity contribution in [1.29, 1.82) is 0 Å². The third kappa shape index (κ3) is 3.57. The molecule has 2 N–H and O–H groups in total. The lowest BCUT2D eigenvalue weighted by Gasteiger charge is -2.43. The molecule has 11 heteroatoms. The molecule has 3 heterocycles. The molecule has 3 fully saturated rings. The molecule has 202 valence electrons. The van der Waals surface area contributed by atoms with Crippen LogP contribution in [0.3, 0.4) is 0 Å². The lowest BCUT2D eigenvalue weighted by atomic mass is 9.68. The fourth-order valence-electron chi connectivity index (χ4n) is 7.53. The number of thiazole rings is 1. The first-order chi connectivity index (χ1) is 18.2. The molecule has 1 saturated heterocycles. The maximum Gasteiger partial charge on any atom is 0.326 e. The molecule has 2 amide bonds. The van der Waals surface area contributed by atoms with E-state index < -0.39 is 23.8 Å². The van der Waals surface area contributed by atoms with Crippen LogP contribution in [0.25, 0.3) is 0 Å². The fraction of sp³-hybridized carbons (Fsp3) is 0.556. The number of thioether (sulfide) groups is 1. The molecular weight excluding hydrogens is 528 g/mol. The summed E-state index contributed by atoms with van der Waals surface area (Å²) in [5.41, 5.74) is 0.968. The number of nitrogens with one attached hydrogen (secondary N) is 1. The number of benzene rings is 1. The number of nitrogens with zero attached hydrogens (tertiary/aromatic N) is 1. The van der Waals surface area contributed by atoms with Crippen LogP contribution < -0.4 is 14.3 Å². The van der Waals surface area contributed by atoms with E-state index in [1.807, 2.05) is 32.0 Å². The minimum absolute atomic E-state index is 0.0216. The van der Waals surface area contributed by atoms with Gasteiger partial charge in [0.2, 0.25) is 11.8 Å². The topological polar surface area (TPSA) is 126 Å². The zero-order valence-corrected chi connectivity index (χ0v) is 23.1. The van der Waals surface area contributed by atoms with E-state index in [2.05, 4.69) is 4.98 Å². The second-order valence-corrected chi connectivity index (χ2v) is 13.3. The van der Waals surface area contributed by atoms with Crippen LogP contribution in [0.15, 0.2) is 28.0 Å². The number of aliphatic carboxylic acids is 1. The summed E-state index contributed by atoms with van der Waals surface area (Å²) < 4.78 is 11.0. The van der Waals surface area contributed by atoms with Crippen LogP contribution in [0, 0.1) is 35.5 Å². The largest absolute Gasteiger partial charge is 0.493 e. The molecule has 1 aromatic carbocycles. The standard InChI is InChI=1S/C27H30N2O7S2/c1-10(2)7-14(26(32)33)29-24(30)19-12-9-13(20(19)25(29)31)21-18(12)17(22-23(37-21)28-27(34)38-22)11-5-6-15(35-3)16(8-11)36-4/h5-6,8,10,12-14,17-21H,7,9H2,1-4H3,(H,28,34)(H,32,33)/t12-,13+,14-,17+,18-,19+,20+,21-/m1/s1. The third-order valence-electron chi connectivity index (χ3n) is 8.82. The van der Waals surface area contributed by atoms with E-state index in [-0.39, 0.29) is 57.9 Å². The number of rotatable bonds is 7. The molecule has 8 atom stereocenters. The monoisotopic (exact) mass is 558 g/mol. The van der Waals surface area contributed by atoms with Gasteiger partial charge in [0.25, 0.3) is 0 Å². The van der Waals surface area contributed by atoms with Gasteiger partial charge >= 0.3 is 10.8 Å². The number of carbonyl (C=O) groups is 3. The van der Waals surface area contributed by atoms with E-state index in [0.29, 0.717) is 11.5 Å². The summed E-state index contributed by atoms with van der Waals surface area (Å²) in [6.07, 6.45) is 0.976. The number of methoxy groups -OCH3 is 2. The van der Waals surface area contributed by atoms with E-state index in [0.717, 1.165) is 26.8 Å². The highest BCUT2D eigenvalue weighted by Crippen LogP contribution is 2.68. The molecule has 38 heavy (non-hydrogen) atoms. The maximum absolute atomic E-state index is 13.8. The second-order valence-electron chi connectivity index (χ2n) is 11.1. The van der Waals surface area contributed by atoms with Crippen LogP contribution in [0.4, 0.5) is 0 Å². The van der Waals surface area contributed by atoms with Crippen LogP contribution in [-0.4, -0.2) is 58.3 Å². The third-order valence-corrected chi connectivity index (χ3v) is 11.4. The van der Waals surface area contributed by atoms with Gasteiger partial charge in [-0.2, -0.15) is 0 Å². The molecule has 0 unspecified atom stereocenters. The number of aromatic nitrogens is 1. The Morgan fingerprint density at radius 3 is 2.42 bits per heavy atom. The maximum atomic E-state index is 13.8. The Morgan fingerprint density at radius 2 is 1.79 bits per heavy atom. The van der Waals surface area contributed by atoms with Crippen molar-refractivity contribution in [3.8, 4) is 11.5 Å². The highest BCUT2D eigenvalue weighted by atomic mass is 32.2. The summed E-state index contributed by atoms with van der Waals surface area (Å²) in [6.45, 7) is 3.78. The highest BCUT2D eigenvalue weighted by molar-refractivity contribution is 8.00. The number of carboxylic acids is 1. The van der Waals surface area contributed by atoms with Crippen molar-refractivity contribution in [2.24, 2.45) is 35.5 Å². The van der Waals surface area contributed by atoms with E-state index in [9.17, 15) is 24.3 Å². The number of amides is 2. The zero-order chi connectivity index (χ0) is 27.0. The Hall–Kier alpha value is -2.79. The number of hydrogen-bond donors (Lipinski definition) is 2. The van der Waals surface area contributed by atoms with Gasteiger partial charge in [0.05, 0.1) is 31.1 Å². The Labute approximate surface area is 227 Å². The molecule has 2 aliphatic heterocycles. The Bertz CT molecular complexity index is 1380. The van der Waals surface area contributed by atoms with E-state index in [1.54, 1.807) is 26.0 Å². The number of aromatic amines is 1. The normalized spacial score (nSPS) is 31.8. The number of ether oxygens (including phenoxy) is 2. The van der Waals surface area contributed by atoms with Gasteiger partial charge in [-0.15, -0.1) is 11.8 Å². The van der Waals surface area contributed by atoms with E-state index in [1.165, 1.54) is 11.3 Å². The van der Waals surface area contributed by atoms with Crippen molar-refractivity contribution in [3.05, 3.63) is 38.3 Å². The lowest BCUT2D eigenvalue weighted by molar-refractivity contribution is -0.156. The Morgan fingerprint density at radius 1 is 1.11 bits per heavy atom. The first kappa shape index (κ1) is 25.5. The van der Waals surface area contributed by atoms with Gasteiger partial charge in [-0.1, -0.05) is 31.3 Å². The fourth-order valence-corrected chi connectivity index (χ4v) is 10.4. The van der Waals surface area contributed by atoms with Gasteiger partial charge in [-0.25, -0.2) is 4.79 Å². The summed E-state index contributed by atoms with van der Waals surface area (Å²) in [5, 5.41) is 10.8. The summed E-state index contributed by atoms with van der Waals surface area (Å²) in [4.78, 5) is 57.0. The van der Waals surface area contributed by atoms with Crippen molar-refractivity contribution in [3.63, 3.8) is 0 Å². The highest BCUT2D eigenvalue weighted by Gasteiger charge is 2.70. The van der Waals surface area contributed by atoms with E-state index in [4.69, 9.17) is 9.47 Å². The van der Waals surface area contributed by atoms with Crippen LogP contribution in [0.5, 0.6) is 11.5 Å². The predicted molar refractivity (Wildman–Crippen MR) is 141 cm³/mol. The Balaban J connectivity index is 1.43. The molecule has 2 aromatic rings. The number of carbonyl (C=O) groups excluding carboxylic acids is 2. The van der Waals surface area contributed by atoms with Crippen LogP contribution in [-0.2, 0) is 14.4 Å². The molecular formula is C27H30N2O7S2. The number of hydrogen-bond acceptors (Lipinski definition) is 8. The molecule has 1 aromatic heterocycles. The SMILES string of the molecule is COc1ccc([C@@H]2c3sc(=O)[nH]c3S[C@@H]3[C@H]4C[C@@H]([C@@H]5C(=O)N([C@H](CC(C)C)C(=O)O)C(=O)[C@@H]45)[C@H]23)cc1OC. The van der Waals surface area contributed by atoms with Crippen molar-refractivity contribution < 1.29 is 29.0 Å². The van der Waals surface area contributed by atoms with Gasteiger partial charge in [-0.05, 0) is 54.2 Å². The molecule has 9 nitrogen and oxygen atoms in total. The predicted octanol–water partition coefficient (Wildman–Crippen LogP) is 3.43. The van der Waals surface area contributed by atoms with Crippen molar-refractivity contribution in [1.82, 2.24) is 9.88 Å². The van der Waals surface area contributed by atoms with Gasteiger partial charge < -0.3 is 19.6 Å².